The topological polar surface area (TPSA) is 66.8 Å². The number of carbonyl (C=O) groups is 2. The van der Waals surface area contributed by atoms with Gasteiger partial charge in [-0.1, -0.05) is 12.7 Å². The van der Waals surface area contributed by atoms with Gasteiger partial charge in [-0.05, 0) is 41.9 Å². The Labute approximate surface area is 110 Å². The van der Waals surface area contributed by atoms with E-state index in [-0.39, 0.29) is 5.97 Å². The van der Waals surface area contributed by atoms with E-state index in [2.05, 4.69) is 11.3 Å². The Hall–Kier alpha value is -1.62. The van der Waals surface area contributed by atoms with Crippen LogP contribution < -0.4 is 0 Å². The van der Waals surface area contributed by atoms with Crippen LogP contribution in [-0.4, -0.2) is 49.7 Å². The molecule has 0 aliphatic carbocycles. The summed E-state index contributed by atoms with van der Waals surface area (Å²) in [5.41, 5.74) is 0.389. The van der Waals surface area contributed by atoms with Crippen molar-refractivity contribution in [3.63, 3.8) is 0 Å². The van der Waals surface area contributed by atoms with Crippen molar-refractivity contribution in [3.05, 3.63) is 24.3 Å². The number of nitrogens with zero attached hydrogens (tertiary/aromatic N) is 1. The number of rotatable bonds is 3. The van der Waals surface area contributed by atoms with Gasteiger partial charge in [-0.2, -0.15) is 0 Å². The number of aliphatic carboxylic acids is 1. The average Bonchev–Trinajstić information content (AvgIpc) is 2.28. The highest BCUT2D eigenvalue weighted by Gasteiger charge is 1.93. The van der Waals surface area contributed by atoms with E-state index in [1.807, 2.05) is 26.0 Å². The van der Waals surface area contributed by atoms with E-state index in [0.29, 0.717) is 12.2 Å². The molecule has 18 heavy (non-hydrogen) atoms. The predicted molar refractivity (Wildman–Crippen MR) is 73.5 cm³/mol. The van der Waals surface area contributed by atoms with Gasteiger partial charge in [0.15, 0.2) is 0 Å². The van der Waals surface area contributed by atoms with Crippen LogP contribution in [-0.2, 0) is 14.3 Å². The van der Waals surface area contributed by atoms with Crippen LogP contribution in [0.15, 0.2) is 24.3 Å². The summed E-state index contributed by atoms with van der Waals surface area (Å²) < 4.78 is 4.43. The zero-order valence-corrected chi connectivity index (χ0v) is 12.2. The highest BCUT2D eigenvalue weighted by atomic mass is 16.5. The van der Waals surface area contributed by atoms with E-state index >= 15 is 0 Å². The van der Waals surface area contributed by atoms with Crippen molar-refractivity contribution >= 4 is 11.9 Å². The van der Waals surface area contributed by atoms with E-state index in [1.54, 1.807) is 26.8 Å². The number of carboxylic acid groups (broad SMARTS) is 1. The molecular weight excluding hydrogens is 234 g/mol. The first-order valence-electron chi connectivity index (χ1n) is 5.49. The van der Waals surface area contributed by atoms with Crippen LogP contribution in [0.5, 0.6) is 0 Å². The molecule has 0 amide bonds. The van der Waals surface area contributed by atoms with Gasteiger partial charge in [0.05, 0.1) is 6.61 Å². The largest absolute Gasteiger partial charge is 0.478 e. The third-order valence-corrected chi connectivity index (χ3v) is 1.22. The molecule has 0 atom stereocenters. The molecule has 0 bridgehead atoms. The van der Waals surface area contributed by atoms with Gasteiger partial charge >= 0.3 is 11.9 Å². The number of carbonyl (C=O) groups excluding carboxylic acids is 1. The molecule has 1 N–H and O–H groups in total. The molecule has 0 spiro atoms. The van der Waals surface area contributed by atoms with Gasteiger partial charge in [-0.15, -0.1) is 0 Å². The lowest BCUT2D eigenvalue weighted by molar-refractivity contribution is -0.137. The van der Waals surface area contributed by atoms with Crippen molar-refractivity contribution in [2.75, 3.05) is 27.7 Å². The Bertz CT molecular complexity index is 267. The van der Waals surface area contributed by atoms with Crippen LogP contribution in [0.4, 0.5) is 0 Å². The third-order valence-electron chi connectivity index (χ3n) is 1.22. The maximum absolute atomic E-state index is 10.1. The van der Waals surface area contributed by atoms with Crippen LogP contribution in [0.25, 0.3) is 0 Å². The molecule has 5 heteroatoms. The van der Waals surface area contributed by atoms with E-state index in [4.69, 9.17) is 5.11 Å². The molecule has 0 aliphatic rings. The smallest absolute Gasteiger partial charge is 0.330 e. The zero-order chi connectivity index (χ0) is 15.1. The molecule has 0 saturated carbocycles. The number of ether oxygens (including phenoxy) is 1. The molecule has 0 fully saturated rings. The number of hydrogen-bond donors (Lipinski definition) is 1. The molecule has 0 saturated heterocycles. The van der Waals surface area contributed by atoms with Crippen LogP contribution in [0, 0.1) is 0 Å². The Balaban J connectivity index is -0.000000196. The van der Waals surface area contributed by atoms with Gasteiger partial charge < -0.3 is 14.7 Å². The second-order valence-electron chi connectivity index (χ2n) is 3.57. The zero-order valence-electron chi connectivity index (χ0n) is 12.2. The Morgan fingerprint density at radius 2 is 1.72 bits per heavy atom. The van der Waals surface area contributed by atoms with Crippen molar-refractivity contribution in [1.82, 2.24) is 4.90 Å². The van der Waals surface area contributed by atoms with Crippen LogP contribution in [0.1, 0.15) is 20.8 Å². The fourth-order valence-electron chi connectivity index (χ4n) is 0.325. The third kappa shape index (κ3) is 29.3. The first-order valence-corrected chi connectivity index (χ1v) is 5.49. The molecule has 0 aromatic heterocycles. The molecule has 0 aromatic carbocycles. The summed E-state index contributed by atoms with van der Waals surface area (Å²) in [5.74, 6) is -1.20. The number of carboxylic acids is 1. The minimum absolute atomic E-state index is 0.359. The SMILES string of the molecule is C=CC(=O)OCC.CC=C(C)C(=O)O.CN(C)C. The van der Waals surface area contributed by atoms with Gasteiger partial charge in [0.2, 0.25) is 0 Å². The number of allylic oxidation sites excluding steroid dienone is 1. The lowest BCUT2D eigenvalue weighted by atomic mass is 10.3. The molecule has 0 heterocycles. The van der Waals surface area contributed by atoms with Crippen molar-refractivity contribution in [2.24, 2.45) is 0 Å². The first kappa shape index (κ1) is 21.6. The van der Waals surface area contributed by atoms with Crippen molar-refractivity contribution < 1.29 is 19.4 Å². The molecular formula is C13H25NO4. The molecule has 0 unspecified atom stereocenters. The highest BCUT2D eigenvalue weighted by molar-refractivity contribution is 5.85. The molecule has 0 radical (unpaired) electrons. The number of hydrogen-bond acceptors (Lipinski definition) is 4. The summed E-state index contributed by atoms with van der Waals surface area (Å²) in [6.45, 7) is 8.63. The summed E-state index contributed by atoms with van der Waals surface area (Å²) in [6, 6.07) is 0. The lowest BCUT2D eigenvalue weighted by Gasteiger charge is -1.90. The summed E-state index contributed by atoms with van der Waals surface area (Å²) in [7, 11) is 6.00. The summed E-state index contributed by atoms with van der Waals surface area (Å²) in [5, 5.41) is 8.11. The summed E-state index contributed by atoms with van der Waals surface area (Å²) >= 11 is 0. The minimum Gasteiger partial charge on any atom is -0.478 e. The summed E-state index contributed by atoms with van der Waals surface area (Å²) in [6.07, 6.45) is 2.70. The Morgan fingerprint density at radius 3 is 1.78 bits per heavy atom. The van der Waals surface area contributed by atoms with E-state index in [9.17, 15) is 9.59 Å². The number of esters is 1. The monoisotopic (exact) mass is 259 g/mol. The normalized spacial score (nSPS) is 9.39. The molecule has 0 aromatic rings. The van der Waals surface area contributed by atoms with E-state index in [0.717, 1.165) is 6.08 Å². The fraction of sp³-hybridized carbons (Fsp3) is 0.538. The lowest BCUT2D eigenvalue weighted by Crippen LogP contribution is -1.99. The fourth-order valence-corrected chi connectivity index (χ4v) is 0.325. The Morgan fingerprint density at radius 1 is 1.33 bits per heavy atom. The van der Waals surface area contributed by atoms with Gasteiger partial charge in [-0.25, -0.2) is 9.59 Å². The van der Waals surface area contributed by atoms with Gasteiger partial charge in [0.1, 0.15) is 0 Å². The van der Waals surface area contributed by atoms with Gasteiger partial charge in [-0.3, -0.25) is 0 Å². The first-order chi connectivity index (χ1) is 8.22. The standard InChI is InChI=1S/2C5H8O2.C3H9N/c1-3-5(6)7-4-2;1-3-4(2)5(6)7;1-4(2)3/h3H,1,4H2,2H3;3H,1-2H3,(H,6,7);1-3H3. The van der Waals surface area contributed by atoms with Crippen molar-refractivity contribution in [3.8, 4) is 0 Å². The maximum atomic E-state index is 10.1. The van der Waals surface area contributed by atoms with Crippen LogP contribution in [0.2, 0.25) is 0 Å². The van der Waals surface area contributed by atoms with Crippen molar-refractivity contribution in [1.29, 1.82) is 0 Å². The van der Waals surface area contributed by atoms with E-state index < -0.39 is 5.97 Å². The minimum atomic E-state index is -0.845. The van der Waals surface area contributed by atoms with Crippen molar-refractivity contribution in [2.45, 2.75) is 20.8 Å². The van der Waals surface area contributed by atoms with Gasteiger partial charge in [0.25, 0.3) is 0 Å². The molecule has 0 rings (SSSR count). The summed E-state index contributed by atoms with van der Waals surface area (Å²) in [4.78, 5) is 21.9. The maximum Gasteiger partial charge on any atom is 0.330 e. The van der Waals surface area contributed by atoms with Gasteiger partial charge in [0, 0.05) is 11.6 Å². The molecule has 106 valence electrons. The average molecular weight is 259 g/mol. The highest BCUT2D eigenvalue weighted by Crippen LogP contribution is 1.87. The predicted octanol–water partition coefficient (Wildman–Crippen LogP) is 1.95. The van der Waals surface area contributed by atoms with Crippen LogP contribution in [0.3, 0.4) is 0 Å². The second-order valence-corrected chi connectivity index (χ2v) is 3.57. The van der Waals surface area contributed by atoms with Crippen LogP contribution >= 0.6 is 0 Å². The quantitative estimate of drug-likeness (QED) is 0.620. The molecule has 5 nitrogen and oxygen atoms in total. The molecule has 0 aliphatic heterocycles. The Kier molecular flexibility index (Phi) is 18.5. The second kappa shape index (κ2) is 15.4. The van der Waals surface area contributed by atoms with E-state index in [1.165, 1.54) is 0 Å².